The summed E-state index contributed by atoms with van der Waals surface area (Å²) in [6, 6.07) is 0. The van der Waals surface area contributed by atoms with Gasteiger partial charge in [0.25, 0.3) is 0 Å². The summed E-state index contributed by atoms with van der Waals surface area (Å²) in [6.45, 7) is 9.27. The van der Waals surface area contributed by atoms with Crippen LogP contribution < -0.4 is 0 Å². The summed E-state index contributed by atoms with van der Waals surface area (Å²) in [5.41, 5.74) is 0.201. The van der Waals surface area contributed by atoms with Crippen LogP contribution in [-0.2, 0) is 0 Å². The molecule has 1 spiro atoms. The van der Waals surface area contributed by atoms with Crippen LogP contribution in [-0.4, -0.2) is 10.7 Å². The molecule has 0 saturated heterocycles. The van der Waals surface area contributed by atoms with Crippen molar-refractivity contribution in [2.75, 3.05) is 0 Å². The van der Waals surface area contributed by atoms with Gasteiger partial charge in [-0.3, -0.25) is 0 Å². The van der Waals surface area contributed by atoms with E-state index in [0.29, 0.717) is 11.3 Å². The summed E-state index contributed by atoms with van der Waals surface area (Å²) >= 11 is 0. The maximum absolute atomic E-state index is 10.5. The van der Waals surface area contributed by atoms with Crippen LogP contribution in [0.3, 0.4) is 0 Å². The zero-order valence-corrected chi connectivity index (χ0v) is 11.2. The minimum absolute atomic E-state index is 0.351. The van der Waals surface area contributed by atoms with Gasteiger partial charge in [-0.1, -0.05) is 20.8 Å². The zero-order valence-electron chi connectivity index (χ0n) is 11.2. The van der Waals surface area contributed by atoms with Crippen molar-refractivity contribution in [3.63, 3.8) is 0 Å². The van der Waals surface area contributed by atoms with Crippen LogP contribution >= 0.6 is 0 Å². The second-order valence-corrected chi connectivity index (χ2v) is 7.36. The van der Waals surface area contributed by atoms with E-state index >= 15 is 0 Å². The van der Waals surface area contributed by atoms with E-state index in [1.807, 2.05) is 0 Å². The van der Waals surface area contributed by atoms with Crippen LogP contribution in [0.2, 0.25) is 0 Å². The molecule has 0 bridgehead atoms. The van der Waals surface area contributed by atoms with Crippen molar-refractivity contribution in [2.45, 2.75) is 59.0 Å². The fraction of sp³-hybridized carbons (Fsp3) is 1.00. The molecule has 1 N–H and O–H groups in total. The molecule has 0 heterocycles. The fourth-order valence-electron chi connectivity index (χ4n) is 5.57. The third-order valence-corrected chi connectivity index (χ3v) is 6.35. The van der Waals surface area contributed by atoms with E-state index in [1.165, 1.54) is 19.3 Å². The lowest BCUT2D eigenvalue weighted by atomic mass is 9.69. The minimum Gasteiger partial charge on any atom is -0.390 e. The predicted molar refractivity (Wildman–Crippen MR) is 66.0 cm³/mol. The molecule has 0 amide bonds. The maximum atomic E-state index is 10.5. The van der Waals surface area contributed by atoms with Gasteiger partial charge in [-0.15, -0.1) is 0 Å². The summed E-state index contributed by atoms with van der Waals surface area (Å²) in [7, 11) is 0. The molecule has 0 unspecified atom stereocenters. The Kier molecular flexibility index (Phi) is 2.11. The summed E-state index contributed by atoms with van der Waals surface area (Å²) in [6.07, 6.45) is 5.13. The molecule has 3 rings (SSSR count). The monoisotopic (exact) mass is 222 g/mol. The van der Waals surface area contributed by atoms with Gasteiger partial charge < -0.3 is 5.11 Å². The molecule has 1 heteroatoms. The van der Waals surface area contributed by atoms with Gasteiger partial charge in [0.2, 0.25) is 0 Å². The molecule has 16 heavy (non-hydrogen) atoms. The summed E-state index contributed by atoms with van der Waals surface area (Å²) in [5, 5.41) is 10.5. The van der Waals surface area contributed by atoms with Gasteiger partial charge in [-0.25, -0.2) is 0 Å². The largest absolute Gasteiger partial charge is 0.390 e. The number of hydrogen-bond donors (Lipinski definition) is 1. The molecule has 92 valence electrons. The normalized spacial score (nSPS) is 59.6. The Labute approximate surface area is 99.6 Å². The number of aliphatic hydroxyl groups is 1. The first-order chi connectivity index (χ1) is 7.41. The Balaban J connectivity index is 1.92. The summed E-state index contributed by atoms with van der Waals surface area (Å²) in [4.78, 5) is 0. The van der Waals surface area contributed by atoms with E-state index < -0.39 is 0 Å². The summed E-state index contributed by atoms with van der Waals surface area (Å²) < 4.78 is 0. The highest BCUT2D eigenvalue weighted by Crippen LogP contribution is 2.80. The first-order valence-corrected chi connectivity index (χ1v) is 7.13. The van der Waals surface area contributed by atoms with Crippen molar-refractivity contribution in [1.82, 2.24) is 0 Å². The maximum Gasteiger partial charge on any atom is 0.0656 e. The van der Waals surface area contributed by atoms with Crippen molar-refractivity contribution in [2.24, 2.45) is 35.0 Å². The molecule has 6 atom stereocenters. The van der Waals surface area contributed by atoms with Gasteiger partial charge in [-0.05, 0) is 67.6 Å². The van der Waals surface area contributed by atoms with Crippen LogP contribution in [0, 0.1) is 35.0 Å². The SMILES string of the molecule is CC(C)[C@@H]1CC[C@H](C)[C@@]23CC[C@](C)(O)[C@@H]2[C@@H]13. The van der Waals surface area contributed by atoms with Crippen LogP contribution in [0.5, 0.6) is 0 Å². The Morgan fingerprint density at radius 2 is 1.88 bits per heavy atom. The molecule has 3 fully saturated rings. The average molecular weight is 222 g/mol. The Morgan fingerprint density at radius 3 is 2.50 bits per heavy atom. The zero-order chi connectivity index (χ0) is 11.7. The lowest BCUT2D eigenvalue weighted by Gasteiger charge is -2.36. The standard InChI is InChI=1S/C15H26O/c1-9(2)11-6-5-10(3)15-8-7-14(4,16)13(15)12(11)15/h9-13,16H,5-8H2,1-4H3/t10-,11-,12+,13-,14-,15+/m0/s1. The lowest BCUT2D eigenvalue weighted by Crippen LogP contribution is -2.30. The lowest BCUT2D eigenvalue weighted by molar-refractivity contribution is 0.0291. The Morgan fingerprint density at radius 1 is 1.19 bits per heavy atom. The second kappa shape index (κ2) is 3.04. The van der Waals surface area contributed by atoms with E-state index in [0.717, 1.165) is 30.1 Å². The van der Waals surface area contributed by atoms with E-state index in [-0.39, 0.29) is 5.60 Å². The highest BCUT2D eigenvalue weighted by Gasteiger charge is 2.77. The van der Waals surface area contributed by atoms with Crippen LogP contribution in [0.1, 0.15) is 53.4 Å². The molecule has 0 aromatic rings. The van der Waals surface area contributed by atoms with Gasteiger partial charge in [0.05, 0.1) is 5.60 Å². The molecule has 0 radical (unpaired) electrons. The molecule has 3 aliphatic carbocycles. The van der Waals surface area contributed by atoms with Gasteiger partial charge in [-0.2, -0.15) is 0 Å². The van der Waals surface area contributed by atoms with Gasteiger partial charge in [0.1, 0.15) is 0 Å². The van der Waals surface area contributed by atoms with Crippen LogP contribution in [0.4, 0.5) is 0 Å². The van der Waals surface area contributed by atoms with E-state index in [2.05, 4.69) is 27.7 Å². The number of hydrogen-bond acceptors (Lipinski definition) is 1. The van der Waals surface area contributed by atoms with E-state index in [9.17, 15) is 5.11 Å². The molecule has 1 nitrogen and oxygen atoms in total. The Bertz CT molecular complexity index is 307. The number of rotatable bonds is 1. The Hall–Kier alpha value is -0.0400. The molecule has 0 aromatic heterocycles. The van der Waals surface area contributed by atoms with Crippen LogP contribution in [0.25, 0.3) is 0 Å². The minimum atomic E-state index is -0.351. The van der Waals surface area contributed by atoms with E-state index in [4.69, 9.17) is 0 Å². The molecular formula is C15H26O. The van der Waals surface area contributed by atoms with Gasteiger partial charge in [0, 0.05) is 0 Å². The molecule has 0 aromatic carbocycles. The molecule has 3 aliphatic rings. The first kappa shape index (κ1) is 11.1. The van der Waals surface area contributed by atoms with Crippen LogP contribution in [0.15, 0.2) is 0 Å². The summed E-state index contributed by atoms with van der Waals surface area (Å²) in [5.74, 6) is 4.01. The third kappa shape index (κ3) is 1.11. The molecule has 0 aliphatic heterocycles. The van der Waals surface area contributed by atoms with Crippen molar-refractivity contribution in [3.8, 4) is 0 Å². The average Bonchev–Trinajstić information content (AvgIpc) is 2.79. The smallest absolute Gasteiger partial charge is 0.0656 e. The second-order valence-electron chi connectivity index (χ2n) is 7.36. The van der Waals surface area contributed by atoms with Crippen molar-refractivity contribution in [3.05, 3.63) is 0 Å². The van der Waals surface area contributed by atoms with Crippen molar-refractivity contribution < 1.29 is 5.11 Å². The quantitative estimate of drug-likeness (QED) is 0.720. The highest BCUT2D eigenvalue weighted by atomic mass is 16.3. The van der Waals surface area contributed by atoms with Crippen molar-refractivity contribution >= 4 is 0 Å². The van der Waals surface area contributed by atoms with Crippen molar-refractivity contribution in [1.29, 1.82) is 0 Å². The fourth-order valence-corrected chi connectivity index (χ4v) is 5.57. The number of fused-ring (bicyclic) bond motifs is 1. The molecular weight excluding hydrogens is 196 g/mol. The molecule has 3 saturated carbocycles. The highest BCUT2D eigenvalue weighted by molar-refractivity contribution is 5.26. The third-order valence-electron chi connectivity index (χ3n) is 6.35. The van der Waals surface area contributed by atoms with Gasteiger partial charge in [0.15, 0.2) is 0 Å². The predicted octanol–water partition coefficient (Wildman–Crippen LogP) is 3.47. The van der Waals surface area contributed by atoms with E-state index in [1.54, 1.807) is 0 Å². The topological polar surface area (TPSA) is 20.2 Å². The first-order valence-electron chi connectivity index (χ1n) is 7.13. The van der Waals surface area contributed by atoms with Gasteiger partial charge >= 0.3 is 0 Å².